The first-order valence-electron chi connectivity index (χ1n) is 10.8. The SMILES string of the molecule is CCCCC(CC)(NC(=O)c1ccc2ccccc2c1OCc1ccc(Cl)cc1)C(=O)O. The van der Waals surface area contributed by atoms with Crippen LogP contribution in [0.5, 0.6) is 5.75 Å². The van der Waals surface area contributed by atoms with Gasteiger partial charge in [0.2, 0.25) is 0 Å². The number of carboxylic acids is 1. The van der Waals surface area contributed by atoms with E-state index in [9.17, 15) is 14.7 Å². The van der Waals surface area contributed by atoms with Gasteiger partial charge in [-0.3, -0.25) is 4.79 Å². The fourth-order valence-corrected chi connectivity index (χ4v) is 3.84. The predicted octanol–water partition coefficient (Wildman–Crippen LogP) is 6.23. The van der Waals surface area contributed by atoms with Crippen LogP contribution >= 0.6 is 11.6 Å². The molecule has 0 saturated heterocycles. The highest BCUT2D eigenvalue weighted by Crippen LogP contribution is 2.32. The van der Waals surface area contributed by atoms with Crippen molar-refractivity contribution in [2.75, 3.05) is 0 Å². The first-order chi connectivity index (χ1) is 15.4. The number of nitrogens with one attached hydrogen (secondary N) is 1. The minimum absolute atomic E-state index is 0.249. The topological polar surface area (TPSA) is 75.6 Å². The van der Waals surface area contributed by atoms with Gasteiger partial charge >= 0.3 is 5.97 Å². The maximum Gasteiger partial charge on any atom is 0.329 e. The van der Waals surface area contributed by atoms with Crippen molar-refractivity contribution in [3.8, 4) is 5.75 Å². The van der Waals surface area contributed by atoms with Crippen molar-refractivity contribution in [1.82, 2.24) is 5.32 Å². The summed E-state index contributed by atoms with van der Waals surface area (Å²) in [5, 5.41) is 15.1. The molecule has 0 bridgehead atoms. The van der Waals surface area contributed by atoms with Crippen molar-refractivity contribution in [3.63, 3.8) is 0 Å². The number of halogens is 1. The molecule has 0 aromatic heterocycles. The number of benzene rings is 3. The van der Waals surface area contributed by atoms with Crippen molar-refractivity contribution >= 4 is 34.2 Å². The summed E-state index contributed by atoms with van der Waals surface area (Å²) in [6.07, 6.45) is 2.21. The summed E-state index contributed by atoms with van der Waals surface area (Å²) < 4.78 is 6.14. The van der Waals surface area contributed by atoms with Crippen LogP contribution in [0.15, 0.2) is 60.7 Å². The average Bonchev–Trinajstić information content (AvgIpc) is 2.80. The molecule has 5 nitrogen and oxygen atoms in total. The van der Waals surface area contributed by atoms with Crippen LogP contribution in [0.2, 0.25) is 5.02 Å². The summed E-state index contributed by atoms with van der Waals surface area (Å²) in [6, 6.07) is 18.5. The monoisotopic (exact) mass is 453 g/mol. The summed E-state index contributed by atoms with van der Waals surface area (Å²) >= 11 is 5.97. The van der Waals surface area contributed by atoms with Gasteiger partial charge in [0.05, 0.1) is 5.56 Å². The smallest absolute Gasteiger partial charge is 0.329 e. The molecule has 168 valence electrons. The summed E-state index contributed by atoms with van der Waals surface area (Å²) in [5.74, 6) is -1.05. The molecule has 0 heterocycles. The predicted molar refractivity (Wildman–Crippen MR) is 127 cm³/mol. The van der Waals surface area contributed by atoms with E-state index >= 15 is 0 Å². The summed E-state index contributed by atoms with van der Waals surface area (Å²) in [7, 11) is 0. The van der Waals surface area contributed by atoms with E-state index in [-0.39, 0.29) is 6.61 Å². The number of carboxylic acid groups (broad SMARTS) is 1. The number of aliphatic carboxylic acids is 1. The Balaban J connectivity index is 1.97. The summed E-state index contributed by atoms with van der Waals surface area (Å²) in [6.45, 7) is 4.03. The quantitative estimate of drug-likeness (QED) is 0.381. The van der Waals surface area contributed by atoms with E-state index in [2.05, 4.69) is 5.32 Å². The number of ether oxygens (including phenoxy) is 1. The molecule has 1 amide bonds. The number of rotatable bonds is 10. The maximum absolute atomic E-state index is 13.3. The highest BCUT2D eigenvalue weighted by atomic mass is 35.5. The lowest BCUT2D eigenvalue weighted by Crippen LogP contribution is -2.54. The van der Waals surface area contributed by atoms with Crippen molar-refractivity contribution in [2.24, 2.45) is 0 Å². The van der Waals surface area contributed by atoms with Gasteiger partial charge in [-0.05, 0) is 42.0 Å². The van der Waals surface area contributed by atoms with Crippen LogP contribution in [0, 0.1) is 0 Å². The molecule has 0 saturated carbocycles. The molecular weight excluding hydrogens is 426 g/mol. The number of hydrogen-bond donors (Lipinski definition) is 2. The lowest BCUT2D eigenvalue weighted by atomic mass is 9.89. The van der Waals surface area contributed by atoms with Gasteiger partial charge in [0, 0.05) is 10.4 Å². The fraction of sp³-hybridized carbons (Fsp3) is 0.308. The molecule has 3 rings (SSSR count). The van der Waals surface area contributed by atoms with Crippen LogP contribution in [0.3, 0.4) is 0 Å². The highest BCUT2D eigenvalue weighted by Gasteiger charge is 2.38. The third-order valence-electron chi connectivity index (χ3n) is 5.74. The highest BCUT2D eigenvalue weighted by molar-refractivity contribution is 6.30. The van der Waals surface area contributed by atoms with Gasteiger partial charge in [-0.25, -0.2) is 4.79 Å². The van der Waals surface area contributed by atoms with Gasteiger partial charge in [-0.1, -0.05) is 80.8 Å². The Hall–Kier alpha value is -3.05. The summed E-state index contributed by atoms with van der Waals surface area (Å²) in [5.41, 5.74) is -0.0926. The van der Waals surface area contributed by atoms with Crippen LogP contribution in [0.4, 0.5) is 0 Å². The third-order valence-corrected chi connectivity index (χ3v) is 6.00. The Labute approximate surface area is 193 Å². The first kappa shape index (κ1) is 23.6. The van der Waals surface area contributed by atoms with E-state index in [1.807, 2.05) is 49.4 Å². The minimum atomic E-state index is -1.31. The minimum Gasteiger partial charge on any atom is -0.487 e. The van der Waals surface area contributed by atoms with Gasteiger partial charge in [-0.2, -0.15) is 0 Å². The standard InChI is InChI=1S/C26H28ClNO4/c1-3-5-16-26(4-2,25(30)31)28-24(29)22-15-12-19-8-6-7-9-21(19)23(22)32-17-18-10-13-20(27)14-11-18/h6-15H,3-5,16-17H2,1-2H3,(H,28,29)(H,30,31). The largest absolute Gasteiger partial charge is 0.487 e. The molecule has 2 N–H and O–H groups in total. The van der Waals surface area contributed by atoms with Gasteiger partial charge in [0.1, 0.15) is 17.9 Å². The third kappa shape index (κ3) is 5.22. The van der Waals surface area contributed by atoms with Gasteiger partial charge < -0.3 is 15.2 Å². The van der Waals surface area contributed by atoms with Crippen molar-refractivity contribution < 1.29 is 19.4 Å². The normalized spacial score (nSPS) is 12.8. The number of unbranched alkanes of at least 4 members (excludes halogenated alkanes) is 1. The molecule has 1 unspecified atom stereocenters. The van der Waals surface area contributed by atoms with Gasteiger partial charge in [0.15, 0.2) is 0 Å². The van der Waals surface area contributed by atoms with Crippen molar-refractivity contribution in [1.29, 1.82) is 0 Å². The molecule has 0 aliphatic rings. The molecule has 32 heavy (non-hydrogen) atoms. The zero-order chi connectivity index (χ0) is 23.1. The molecule has 3 aromatic carbocycles. The Morgan fingerprint density at radius 2 is 1.75 bits per heavy atom. The van der Waals surface area contributed by atoms with Crippen LogP contribution < -0.4 is 10.1 Å². The zero-order valence-electron chi connectivity index (χ0n) is 18.4. The Morgan fingerprint density at radius 3 is 2.41 bits per heavy atom. The molecule has 0 radical (unpaired) electrons. The Bertz CT molecular complexity index is 1100. The Morgan fingerprint density at radius 1 is 1.03 bits per heavy atom. The number of carbonyl (C=O) groups excluding carboxylic acids is 1. The number of amides is 1. The second kappa shape index (κ2) is 10.5. The van der Waals surface area contributed by atoms with E-state index in [0.717, 1.165) is 22.8 Å². The van der Waals surface area contributed by atoms with Crippen LogP contribution in [-0.2, 0) is 11.4 Å². The fourth-order valence-electron chi connectivity index (χ4n) is 3.72. The summed E-state index contributed by atoms with van der Waals surface area (Å²) in [4.78, 5) is 25.4. The lowest BCUT2D eigenvalue weighted by molar-refractivity contribution is -0.145. The molecule has 0 aliphatic carbocycles. The van der Waals surface area contributed by atoms with Crippen LogP contribution in [-0.4, -0.2) is 22.5 Å². The van der Waals surface area contributed by atoms with E-state index in [0.29, 0.717) is 35.6 Å². The maximum atomic E-state index is 13.3. The molecular formula is C26H28ClNO4. The van der Waals surface area contributed by atoms with E-state index in [1.165, 1.54) is 0 Å². The molecule has 0 aliphatic heterocycles. The average molecular weight is 454 g/mol. The molecule has 0 fully saturated rings. The van der Waals surface area contributed by atoms with Crippen molar-refractivity contribution in [2.45, 2.75) is 51.7 Å². The number of fused-ring (bicyclic) bond motifs is 1. The molecule has 3 aromatic rings. The van der Waals surface area contributed by atoms with E-state index in [1.54, 1.807) is 25.1 Å². The van der Waals surface area contributed by atoms with E-state index in [4.69, 9.17) is 16.3 Å². The van der Waals surface area contributed by atoms with Crippen LogP contribution in [0.1, 0.15) is 55.5 Å². The van der Waals surface area contributed by atoms with Crippen molar-refractivity contribution in [3.05, 3.63) is 76.8 Å². The second-order valence-corrected chi connectivity index (χ2v) is 8.31. The zero-order valence-corrected chi connectivity index (χ0v) is 19.1. The lowest BCUT2D eigenvalue weighted by Gasteiger charge is -2.30. The molecule has 0 spiro atoms. The second-order valence-electron chi connectivity index (χ2n) is 7.88. The first-order valence-corrected chi connectivity index (χ1v) is 11.2. The number of hydrogen-bond acceptors (Lipinski definition) is 3. The Kier molecular flexibility index (Phi) is 7.75. The molecule has 6 heteroatoms. The van der Waals surface area contributed by atoms with Crippen LogP contribution in [0.25, 0.3) is 10.8 Å². The van der Waals surface area contributed by atoms with Gasteiger partial charge in [0.25, 0.3) is 5.91 Å². The molecule has 1 atom stereocenters. The van der Waals surface area contributed by atoms with E-state index < -0.39 is 17.4 Å². The number of carbonyl (C=O) groups is 2. The van der Waals surface area contributed by atoms with Gasteiger partial charge in [-0.15, -0.1) is 0 Å².